The van der Waals surface area contributed by atoms with Crippen LogP contribution in [0.3, 0.4) is 0 Å². The smallest absolute Gasteiger partial charge is 0.255 e. The molecule has 0 spiro atoms. The van der Waals surface area contributed by atoms with Gasteiger partial charge in [0, 0.05) is 23.1 Å². The second-order valence-corrected chi connectivity index (χ2v) is 5.97. The molecule has 3 nitrogen and oxygen atoms in total. The maximum absolute atomic E-state index is 12.3. The number of nitrogens with zero attached hydrogens (tertiary/aromatic N) is 1. The zero-order valence-electron chi connectivity index (χ0n) is 12.4. The van der Waals surface area contributed by atoms with E-state index in [2.05, 4.69) is 31.1 Å². The van der Waals surface area contributed by atoms with Gasteiger partial charge >= 0.3 is 0 Å². The number of benzene rings is 1. The van der Waals surface area contributed by atoms with Gasteiger partial charge in [-0.25, -0.2) is 0 Å². The molecule has 1 amide bonds. The maximum atomic E-state index is 12.3. The third-order valence-corrected chi connectivity index (χ3v) is 3.15. The summed E-state index contributed by atoms with van der Waals surface area (Å²) >= 11 is 0. The standard InChI is InChI=1S/C17H20N2O/c1-12-10-15(8-9-18-12)19-16(20)13-6-5-7-14(11-13)17(2,3)4/h5-11H,1-4H3,(H,18,19,20). The molecule has 0 aliphatic heterocycles. The van der Waals surface area contributed by atoms with Crippen LogP contribution in [0.25, 0.3) is 0 Å². The van der Waals surface area contributed by atoms with Crippen LogP contribution in [0.4, 0.5) is 5.69 Å². The van der Waals surface area contributed by atoms with Crippen LogP contribution in [0.15, 0.2) is 42.6 Å². The lowest BCUT2D eigenvalue weighted by molar-refractivity contribution is 0.102. The quantitative estimate of drug-likeness (QED) is 0.896. The van der Waals surface area contributed by atoms with Crippen molar-refractivity contribution >= 4 is 11.6 Å². The van der Waals surface area contributed by atoms with Gasteiger partial charge in [0.05, 0.1) is 0 Å². The number of carbonyl (C=O) groups excluding carboxylic acids is 1. The molecule has 1 aromatic heterocycles. The molecule has 0 saturated carbocycles. The van der Waals surface area contributed by atoms with E-state index >= 15 is 0 Å². The van der Waals surface area contributed by atoms with E-state index < -0.39 is 0 Å². The second-order valence-electron chi connectivity index (χ2n) is 5.97. The Labute approximate surface area is 120 Å². The Balaban J connectivity index is 2.22. The van der Waals surface area contributed by atoms with Crippen LogP contribution >= 0.6 is 0 Å². The number of aromatic nitrogens is 1. The van der Waals surface area contributed by atoms with E-state index in [9.17, 15) is 4.79 Å². The molecule has 1 aromatic carbocycles. The average Bonchev–Trinajstić information content (AvgIpc) is 2.38. The highest BCUT2D eigenvalue weighted by molar-refractivity contribution is 6.04. The number of rotatable bonds is 2. The fourth-order valence-corrected chi connectivity index (χ4v) is 1.95. The molecule has 104 valence electrons. The fourth-order valence-electron chi connectivity index (χ4n) is 1.95. The molecule has 0 aliphatic rings. The first-order valence-corrected chi connectivity index (χ1v) is 6.71. The van der Waals surface area contributed by atoms with E-state index in [1.165, 1.54) is 0 Å². The van der Waals surface area contributed by atoms with Gasteiger partial charge in [0.15, 0.2) is 0 Å². The second kappa shape index (κ2) is 5.45. The zero-order valence-corrected chi connectivity index (χ0v) is 12.4. The fraction of sp³-hybridized carbons (Fsp3) is 0.294. The Morgan fingerprint density at radius 3 is 2.55 bits per heavy atom. The summed E-state index contributed by atoms with van der Waals surface area (Å²) in [6.07, 6.45) is 1.69. The van der Waals surface area contributed by atoms with Crippen LogP contribution in [0.2, 0.25) is 0 Å². The maximum Gasteiger partial charge on any atom is 0.255 e. The van der Waals surface area contributed by atoms with Crippen molar-refractivity contribution in [1.82, 2.24) is 4.98 Å². The molecule has 1 heterocycles. The van der Waals surface area contributed by atoms with Crippen LogP contribution in [0.1, 0.15) is 42.4 Å². The molecule has 0 fully saturated rings. The molecular weight excluding hydrogens is 248 g/mol. The van der Waals surface area contributed by atoms with Crippen LogP contribution in [0, 0.1) is 6.92 Å². The van der Waals surface area contributed by atoms with Crippen LogP contribution in [0.5, 0.6) is 0 Å². The van der Waals surface area contributed by atoms with E-state index in [1.807, 2.05) is 37.3 Å². The third kappa shape index (κ3) is 3.44. The van der Waals surface area contributed by atoms with Gasteiger partial charge in [0.2, 0.25) is 0 Å². The van der Waals surface area contributed by atoms with Gasteiger partial charge in [-0.2, -0.15) is 0 Å². The van der Waals surface area contributed by atoms with Gasteiger partial charge in [-0.05, 0) is 42.2 Å². The van der Waals surface area contributed by atoms with Gasteiger partial charge in [-0.3, -0.25) is 9.78 Å². The highest BCUT2D eigenvalue weighted by atomic mass is 16.1. The first kappa shape index (κ1) is 14.3. The van der Waals surface area contributed by atoms with E-state index in [1.54, 1.807) is 12.3 Å². The van der Waals surface area contributed by atoms with Crippen LogP contribution < -0.4 is 5.32 Å². The summed E-state index contributed by atoms with van der Waals surface area (Å²) in [4.78, 5) is 16.4. The van der Waals surface area contributed by atoms with Crippen molar-refractivity contribution in [3.63, 3.8) is 0 Å². The van der Waals surface area contributed by atoms with E-state index in [0.29, 0.717) is 5.56 Å². The van der Waals surface area contributed by atoms with Gasteiger partial charge < -0.3 is 5.32 Å². The Hall–Kier alpha value is -2.16. The molecule has 0 unspecified atom stereocenters. The summed E-state index contributed by atoms with van der Waals surface area (Å²) in [5, 5.41) is 2.90. The molecule has 0 saturated heterocycles. The molecule has 0 atom stereocenters. The lowest BCUT2D eigenvalue weighted by Gasteiger charge is -2.19. The van der Waals surface area contributed by atoms with Crippen molar-refractivity contribution in [1.29, 1.82) is 0 Å². The van der Waals surface area contributed by atoms with Gasteiger partial charge in [-0.15, -0.1) is 0 Å². The highest BCUT2D eigenvalue weighted by Gasteiger charge is 2.15. The summed E-state index contributed by atoms with van der Waals surface area (Å²) in [5.41, 5.74) is 3.50. The summed E-state index contributed by atoms with van der Waals surface area (Å²) < 4.78 is 0. The molecule has 1 N–H and O–H groups in total. The third-order valence-electron chi connectivity index (χ3n) is 3.15. The number of hydrogen-bond donors (Lipinski definition) is 1. The number of pyridine rings is 1. The first-order chi connectivity index (χ1) is 9.36. The monoisotopic (exact) mass is 268 g/mol. The number of aryl methyl sites for hydroxylation is 1. The minimum atomic E-state index is -0.0956. The van der Waals surface area contributed by atoms with E-state index in [-0.39, 0.29) is 11.3 Å². The Morgan fingerprint density at radius 1 is 1.15 bits per heavy atom. The molecule has 20 heavy (non-hydrogen) atoms. The number of hydrogen-bond acceptors (Lipinski definition) is 2. The Morgan fingerprint density at radius 2 is 1.90 bits per heavy atom. The summed E-state index contributed by atoms with van der Waals surface area (Å²) in [5.74, 6) is -0.0956. The number of nitrogens with one attached hydrogen (secondary N) is 1. The van der Waals surface area contributed by atoms with E-state index in [0.717, 1.165) is 16.9 Å². The lowest BCUT2D eigenvalue weighted by atomic mass is 9.86. The van der Waals surface area contributed by atoms with Gasteiger partial charge in [-0.1, -0.05) is 32.9 Å². The largest absolute Gasteiger partial charge is 0.322 e. The highest BCUT2D eigenvalue weighted by Crippen LogP contribution is 2.23. The van der Waals surface area contributed by atoms with Crippen molar-refractivity contribution in [3.8, 4) is 0 Å². The normalized spacial score (nSPS) is 11.2. The average molecular weight is 268 g/mol. The minimum absolute atomic E-state index is 0.0313. The van der Waals surface area contributed by atoms with Gasteiger partial charge in [0.1, 0.15) is 0 Å². The Kier molecular flexibility index (Phi) is 3.89. The van der Waals surface area contributed by atoms with Crippen molar-refractivity contribution in [2.75, 3.05) is 5.32 Å². The first-order valence-electron chi connectivity index (χ1n) is 6.71. The molecule has 0 bridgehead atoms. The number of anilines is 1. The number of amides is 1. The summed E-state index contributed by atoms with van der Waals surface area (Å²) in [6, 6.07) is 11.4. The van der Waals surface area contributed by atoms with Crippen molar-refractivity contribution in [3.05, 3.63) is 59.4 Å². The van der Waals surface area contributed by atoms with Crippen molar-refractivity contribution < 1.29 is 4.79 Å². The predicted molar refractivity (Wildman–Crippen MR) is 82.1 cm³/mol. The number of carbonyl (C=O) groups is 1. The van der Waals surface area contributed by atoms with Crippen LogP contribution in [-0.2, 0) is 5.41 Å². The molecule has 2 rings (SSSR count). The molecule has 0 aliphatic carbocycles. The molecule has 3 heteroatoms. The SMILES string of the molecule is Cc1cc(NC(=O)c2cccc(C(C)(C)C)c2)ccn1. The predicted octanol–water partition coefficient (Wildman–Crippen LogP) is 3.94. The molecule has 2 aromatic rings. The topological polar surface area (TPSA) is 42.0 Å². The van der Waals surface area contributed by atoms with Gasteiger partial charge in [0.25, 0.3) is 5.91 Å². The molecular formula is C17H20N2O. The summed E-state index contributed by atoms with van der Waals surface area (Å²) in [7, 11) is 0. The van der Waals surface area contributed by atoms with E-state index in [4.69, 9.17) is 0 Å². The lowest BCUT2D eigenvalue weighted by Crippen LogP contribution is -2.15. The Bertz CT molecular complexity index is 627. The minimum Gasteiger partial charge on any atom is -0.322 e. The van der Waals surface area contributed by atoms with Crippen molar-refractivity contribution in [2.45, 2.75) is 33.1 Å². The van der Waals surface area contributed by atoms with Crippen molar-refractivity contribution in [2.24, 2.45) is 0 Å². The zero-order chi connectivity index (χ0) is 14.8. The molecule has 0 radical (unpaired) electrons. The summed E-state index contributed by atoms with van der Waals surface area (Å²) in [6.45, 7) is 8.30. The van der Waals surface area contributed by atoms with Crippen LogP contribution in [-0.4, -0.2) is 10.9 Å².